The Morgan fingerprint density at radius 2 is 1.72 bits per heavy atom. The summed E-state index contributed by atoms with van der Waals surface area (Å²) in [6, 6.07) is 21.6. The van der Waals surface area contributed by atoms with E-state index in [1.165, 1.54) is 17.9 Å². The third kappa shape index (κ3) is 4.29. The summed E-state index contributed by atoms with van der Waals surface area (Å²) in [6.45, 7) is 1.31. The van der Waals surface area contributed by atoms with E-state index in [1.807, 2.05) is 36.4 Å². The van der Waals surface area contributed by atoms with Crippen molar-refractivity contribution < 1.29 is 14.3 Å². The Morgan fingerprint density at radius 3 is 2.56 bits per heavy atom. The van der Waals surface area contributed by atoms with Gasteiger partial charge in [0.25, 0.3) is 0 Å². The van der Waals surface area contributed by atoms with Crippen LogP contribution in [0.1, 0.15) is 16.8 Å². The summed E-state index contributed by atoms with van der Waals surface area (Å²) in [4.78, 5) is 11.7. The molecule has 3 rings (SSSR count). The Morgan fingerprint density at radius 1 is 0.960 bits per heavy atom. The number of hydrogen-bond donors (Lipinski definition) is 1. The molecule has 0 spiro atoms. The predicted molar refractivity (Wildman–Crippen MR) is 100 cm³/mol. The van der Waals surface area contributed by atoms with E-state index in [4.69, 9.17) is 9.47 Å². The molecule has 0 saturated heterocycles. The van der Waals surface area contributed by atoms with Gasteiger partial charge in [-0.05, 0) is 41.5 Å². The van der Waals surface area contributed by atoms with E-state index in [-0.39, 0.29) is 5.97 Å². The van der Waals surface area contributed by atoms with Gasteiger partial charge in [-0.25, -0.2) is 4.79 Å². The molecule has 0 fully saturated rings. The van der Waals surface area contributed by atoms with E-state index < -0.39 is 0 Å². The van der Waals surface area contributed by atoms with Crippen molar-refractivity contribution in [2.75, 3.05) is 25.6 Å². The van der Waals surface area contributed by atoms with Gasteiger partial charge in [0.15, 0.2) is 0 Å². The van der Waals surface area contributed by atoms with Crippen molar-refractivity contribution >= 4 is 22.4 Å². The van der Waals surface area contributed by atoms with E-state index in [0.717, 1.165) is 17.9 Å². The molecule has 0 atom stereocenters. The van der Waals surface area contributed by atoms with Crippen LogP contribution in [0, 0.1) is 0 Å². The number of carbonyl (C=O) groups excluding carboxylic acids is 1. The van der Waals surface area contributed by atoms with Crippen LogP contribution in [-0.4, -0.2) is 26.2 Å². The molecule has 0 aromatic heterocycles. The maximum atomic E-state index is 11.7. The van der Waals surface area contributed by atoms with Gasteiger partial charge in [-0.2, -0.15) is 0 Å². The number of ether oxygens (including phenoxy) is 2. The molecule has 0 aliphatic heterocycles. The Bertz CT molecular complexity index is 860. The molecule has 0 aliphatic rings. The topological polar surface area (TPSA) is 47.6 Å². The highest BCUT2D eigenvalue weighted by atomic mass is 16.5. The minimum atomic E-state index is -0.337. The zero-order valence-corrected chi connectivity index (χ0v) is 14.2. The Kier molecular flexibility index (Phi) is 5.52. The highest BCUT2D eigenvalue weighted by Crippen LogP contribution is 2.21. The largest absolute Gasteiger partial charge is 0.494 e. The lowest BCUT2D eigenvalue weighted by Crippen LogP contribution is -2.11. The SMILES string of the molecule is COC(=O)c1ccccc1NCCCOc1ccc2ccccc2c1. The molecule has 0 heterocycles. The lowest BCUT2D eigenvalue weighted by Gasteiger charge is -2.11. The van der Waals surface area contributed by atoms with Crippen LogP contribution in [0.15, 0.2) is 66.7 Å². The smallest absolute Gasteiger partial charge is 0.339 e. The highest BCUT2D eigenvalue weighted by molar-refractivity contribution is 5.95. The third-order valence-electron chi connectivity index (χ3n) is 3.96. The summed E-state index contributed by atoms with van der Waals surface area (Å²) < 4.78 is 10.6. The fraction of sp³-hybridized carbons (Fsp3) is 0.190. The number of rotatable bonds is 7. The number of anilines is 1. The summed E-state index contributed by atoms with van der Waals surface area (Å²) in [6.07, 6.45) is 0.822. The zero-order chi connectivity index (χ0) is 17.5. The number of methoxy groups -OCH3 is 1. The lowest BCUT2D eigenvalue weighted by atomic mass is 10.1. The zero-order valence-electron chi connectivity index (χ0n) is 14.2. The van der Waals surface area contributed by atoms with E-state index in [2.05, 4.69) is 29.6 Å². The second-order valence-electron chi connectivity index (χ2n) is 5.67. The van der Waals surface area contributed by atoms with Crippen LogP contribution in [0.3, 0.4) is 0 Å². The van der Waals surface area contributed by atoms with Crippen LogP contribution in [0.4, 0.5) is 5.69 Å². The van der Waals surface area contributed by atoms with Gasteiger partial charge in [0, 0.05) is 12.2 Å². The number of hydrogen-bond acceptors (Lipinski definition) is 4. The highest BCUT2D eigenvalue weighted by Gasteiger charge is 2.10. The standard InChI is InChI=1S/C21H21NO3/c1-24-21(23)19-9-4-5-10-20(19)22-13-6-14-25-18-12-11-16-7-2-3-8-17(16)15-18/h2-5,7-12,15,22H,6,13-14H2,1H3. The van der Waals surface area contributed by atoms with Gasteiger partial charge in [0.05, 0.1) is 19.3 Å². The first kappa shape index (κ1) is 16.8. The normalized spacial score (nSPS) is 10.4. The number of benzene rings is 3. The Hall–Kier alpha value is -3.01. The van der Waals surface area contributed by atoms with Crippen molar-refractivity contribution in [2.24, 2.45) is 0 Å². The molecule has 3 aromatic carbocycles. The first-order chi connectivity index (χ1) is 12.3. The minimum absolute atomic E-state index is 0.337. The van der Waals surface area contributed by atoms with Crippen molar-refractivity contribution in [3.05, 3.63) is 72.3 Å². The van der Waals surface area contributed by atoms with Crippen molar-refractivity contribution in [3.8, 4) is 5.75 Å². The van der Waals surface area contributed by atoms with E-state index in [1.54, 1.807) is 6.07 Å². The van der Waals surface area contributed by atoms with Gasteiger partial charge in [-0.1, -0.05) is 42.5 Å². The summed E-state index contributed by atoms with van der Waals surface area (Å²) in [5.74, 6) is 0.532. The molecule has 0 amide bonds. The molecule has 4 heteroatoms. The van der Waals surface area contributed by atoms with Gasteiger partial charge in [0.1, 0.15) is 5.75 Å². The molecule has 0 bridgehead atoms. The fourth-order valence-electron chi connectivity index (χ4n) is 2.67. The summed E-state index contributed by atoms with van der Waals surface area (Å²) in [7, 11) is 1.39. The monoisotopic (exact) mass is 335 g/mol. The van der Waals surface area contributed by atoms with Gasteiger partial charge in [-0.3, -0.25) is 0 Å². The Balaban J connectivity index is 1.49. The van der Waals surface area contributed by atoms with Gasteiger partial charge in [-0.15, -0.1) is 0 Å². The molecule has 0 aliphatic carbocycles. The molecule has 0 radical (unpaired) electrons. The van der Waals surface area contributed by atoms with Gasteiger partial charge < -0.3 is 14.8 Å². The van der Waals surface area contributed by atoms with E-state index in [9.17, 15) is 4.79 Å². The van der Waals surface area contributed by atoms with Gasteiger partial charge in [0.2, 0.25) is 0 Å². The first-order valence-electron chi connectivity index (χ1n) is 8.31. The number of nitrogens with one attached hydrogen (secondary N) is 1. The average molecular weight is 335 g/mol. The van der Waals surface area contributed by atoms with Crippen LogP contribution in [-0.2, 0) is 4.74 Å². The van der Waals surface area contributed by atoms with Crippen LogP contribution < -0.4 is 10.1 Å². The quantitative estimate of drug-likeness (QED) is 0.510. The molecule has 1 N–H and O–H groups in total. The fourth-order valence-corrected chi connectivity index (χ4v) is 2.67. The maximum Gasteiger partial charge on any atom is 0.339 e. The summed E-state index contributed by atoms with van der Waals surface area (Å²) in [5.41, 5.74) is 1.32. The van der Waals surface area contributed by atoms with Crippen LogP contribution >= 0.6 is 0 Å². The maximum absolute atomic E-state index is 11.7. The van der Waals surface area contributed by atoms with E-state index in [0.29, 0.717) is 18.7 Å². The molecular weight excluding hydrogens is 314 g/mol. The number of fused-ring (bicyclic) bond motifs is 1. The van der Waals surface area contributed by atoms with E-state index >= 15 is 0 Å². The Labute approximate surface area is 147 Å². The second kappa shape index (κ2) is 8.20. The number of para-hydroxylation sites is 1. The lowest BCUT2D eigenvalue weighted by molar-refractivity contribution is 0.0602. The van der Waals surface area contributed by atoms with Crippen LogP contribution in [0.25, 0.3) is 10.8 Å². The van der Waals surface area contributed by atoms with Crippen molar-refractivity contribution in [1.29, 1.82) is 0 Å². The molecule has 0 unspecified atom stereocenters. The second-order valence-corrected chi connectivity index (χ2v) is 5.67. The number of esters is 1. The van der Waals surface area contributed by atoms with Crippen molar-refractivity contribution in [3.63, 3.8) is 0 Å². The predicted octanol–water partition coefficient (Wildman–Crippen LogP) is 4.51. The molecule has 3 aromatic rings. The van der Waals surface area contributed by atoms with Crippen molar-refractivity contribution in [1.82, 2.24) is 0 Å². The van der Waals surface area contributed by atoms with Crippen LogP contribution in [0.5, 0.6) is 5.75 Å². The van der Waals surface area contributed by atoms with Crippen LogP contribution in [0.2, 0.25) is 0 Å². The minimum Gasteiger partial charge on any atom is -0.494 e. The molecule has 25 heavy (non-hydrogen) atoms. The van der Waals surface area contributed by atoms with Crippen molar-refractivity contribution in [2.45, 2.75) is 6.42 Å². The van der Waals surface area contributed by atoms with Gasteiger partial charge >= 0.3 is 5.97 Å². The number of carbonyl (C=O) groups is 1. The molecular formula is C21H21NO3. The molecule has 128 valence electrons. The summed E-state index contributed by atoms with van der Waals surface area (Å²) in [5, 5.41) is 5.64. The average Bonchev–Trinajstić information content (AvgIpc) is 2.67. The first-order valence-corrected chi connectivity index (χ1v) is 8.31. The third-order valence-corrected chi connectivity index (χ3v) is 3.96. The molecule has 4 nitrogen and oxygen atoms in total. The summed E-state index contributed by atoms with van der Waals surface area (Å²) >= 11 is 0. The molecule has 0 saturated carbocycles.